The fourth-order valence-corrected chi connectivity index (χ4v) is 3.99. The first-order chi connectivity index (χ1) is 14.3. The van der Waals surface area contributed by atoms with Gasteiger partial charge in [-0.3, -0.25) is 4.57 Å². The van der Waals surface area contributed by atoms with E-state index in [4.69, 9.17) is 22.1 Å². The molecule has 0 radical (unpaired) electrons. The predicted octanol–water partition coefficient (Wildman–Crippen LogP) is 2.78. The Bertz CT molecular complexity index is 1180. The van der Waals surface area contributed by atoms with E-state index >= 15 is 0 Å². The lowest BCUT2D eigenvalue weighted by Crippen LogP contribution is -2.27. The van der Waals surface area contributed by atoms with Crippen molar-refractivity contribution in [2.75, 3.05) is 37.0 Å². The summed E-state index contributed by atoms with van der Waals surface area (Å²) in [5, 5.41) is 1.36. The second kappa shape index (κ2) is 7.87. The third-order valence-electron chi connectivity index (χ3n) is 5.14. The fourth-order valence-electron chi connectivity index (χ4n) is 3.83. The van der Waals surface area contributed by atoms with Crippen molar-refractivity contribution < 1.29 is 9.53 Å². The Labute approximate surface area is 178 Å². The van der Waals surface area contributed by atoms with E-state index < -0.39 is 6.09 Å². The van der Waals surface area contributed by atoms with Crippen LogP contribution in [0.5, 0.6) is 0 Å². The van der Waals surface area contributed by atoms with Crippen LogP contribution >= 0.6 is 11.6 Å². The first kappa shape index (κ1) is 20.0. The van der Waals surface area contributed by atoms with E-state index in [1.807, 2.05) is 49.3 Å². The molecule has 2 aromatic carbocycles. The average molecular weight is 428 g/mol. The van der Waals surface area contributed by atoms with Crippen molar-refractivity contribution in [3.63, 3.8) is 0 Å². The summed E-state index contributed by atoms with van der Waals surface area (Å²) in [5.41, 5.74) is 7.03. The van der Waals surface area contributed by atoms with Gasteiger partial charge in [0.2, 0.25) is 0 Å². The number of carbonyl (C=O) groups is 1. The number of fused-ring (bicyclic) bond motifs is 1. The highest BCUT2D eigenvalue weighted by Crippen LogP contribution is 2.29. The Hall–Kier alpha value is -3.26. The summed E-state index contributed by atoms with van der Waals surface area (Å²) in [7, 11) is 3.69. The number of anilines is 2. The number of halogens is 1. The van der Waals surface area contributed by atoms with E-state index in [0.717, 1.165) is 17.6 Å². The lowest BCUT2D eigenvalue weighted by Gasteiger charge is -2.21. The number of primary amides is 1. The molecule has 1 saturated heterocycles. The summed E-state index contributed by atoms with van der Waals surface area (Å²) >= 11 is 6.25. The minimum absolute atomic E-state index is 0.241. The number of carbonyl (C=O) groups excluding carboxylic acids is 1. The third-order valence-corrected chi connectivity index (χ3v) is 5.37. The quantitative estimate of drug-likeness (QED) is 0.688. The van der Waals surface area contributed by atoms with Crippen molar-refractivity contribution in [3.8, 4) is 5.69 Å². The minimum atomic E-state index is -0.766. The highest BCUT2D eigenvalue weighted by Gasteiger charge is 2.25. The molecule has 0 bridgehead atoms. The van der Waals surface area contributed by atoms with Crippen LogP contribution in [0.4, 0.5) is 16.3 Å². The Balaban J connectivity index is 1.79. The molecule has 0 aliphatic carbocycles. The molecule has 8 nitrogen and oxygen atoms in total. The van der Waals surface area contributed by atoms with Gasteiger partial charge in [-0.2, -0.15) is 4.98 Å². The van der Waals surface area contributed by atoms with Gasteiger partial charge in [-0.25, -0.2) is 9.59 Å². The third kappa shape index (κ3) is 3.78. The highest BCUT2D eigenvalue weighted by molar-refractivity contribution is 6.31. The smallest absolute Gasteiger partial charge is 0.404 e. The summed E-state index contributed by atoms with van der Waals surface area (Å²) in [6, 6.07) is 13.0. The van der Waals surface area contributed by atoms with Crippen LogP contribution in [0.25, 0.3) is 16.6 Å². The zero-order chi connectivity index (χ0) is 21.4. The Morgan fingerprint density at radius 3 is 2.73 bits per heavy atom. The lowest BCUT2D eigenvalue weighted by atomic mass is 10.2. The maximum absolute atomic E-state index is 13.0. The zero-order valence-electron chi connectivity index (χ0n) is 16.7. The molecule has 0 saturated carbocycles. The monoisotopic (exact) mass is 427 g/mol. The number of ether oxygens (including phenoxy) is 1. The number of aromatic nitrogens is 2. The normalized spacial score (nSPS) is 16.1. The highest BCUT2D eigenvalue weighted by atomic mass is 35.5. The summed E-state index contributed by atoms with van der Waals surface area (Å²) in [6.45, 7) is 1.27. The van der Waals surface area contributed by atoms with Gasteiger partial charge >= 0.3 is 11.8 Å². The standard InChI is InChI=1S/C21H22ClN5O3/c1-25(2)19-17-7-6-13(22)10-18(17)27(21(29)24-19)15-5-3-4-14(11-15)26-9-8-16(12-26)30-20(23)28/h3-7,10-11,16H,8-9,12H2,1-2H3,(H2,23,28). The van der Waals surface area contributed by atoms with Crippen LogP contribution < -0.4 is 21.2 Å². The second-order valence-corrected chi connectivity index (χ2v) is 7.86. The van der Waals surface area contributed by atoms with E-state index in [1.165, 1.54) is 0 Å². The zero-order valence-corrected chi connectivity index (χ0v) is 17.5. The number of nitrogens with zero attached hydrogens (tertiary/aromatic N) is 4. The van der Waals surface area contributed by atoms with E-state index in [-0.39, 0.29) is 11.8 Å². The molecule has 1 aromatic heterocycles. The van der Waals surface area contributed by atoms with Gasteiger partial charge in [0.25, 0.3) is 0 Å². The summed E-state index contributed by atoms with van der Waals surface area (Å²) in [5.74, 6) is 0.588. The van der Waals surface area contributed by atoms with Crippen LogP contribution in [-0.4, -0.2) is 48.9 Å². The van der Waals surface area contributed by atoms with Crippen LogP contribution in [-0.2, 0) is 4.74 Å². The molecule has 2 heterocycles. The number of benzene rings is 2. The van der Waals surface area contributed by atoms with Crippen molar-refractivity contribution in [2.24, 2.45) is 5.73 Å². The van der Waals surface area contributed by atoms with Gasteiger partial charge in [0.05, 0.1) is 17.7 Å². The van der Waals surface area contributed by atoms with Gasteiger partial charge in [-0.1, -0.05) is 17.7 Å². The van der Waals surface area contributed by atoms with Gasteiger partial charge in [-0.15, -0.1) is 0 Å². The number of hydrogen-bond acceptors (Lipinski definition) is 6. The van der Waals surface area contributed by atoms with E-state index in [9.17, 15) is 9.59 Å². The maximum Gasteiger partial charge on any atom is 0.404 e. The first-order valence-electron chi connectivity index (χ1n) is 9.54. The molecule has 1 fully saturated rings. The van der Waals surface area contributed by atoms with Crippen LogP contribution in [0.1, 0.15) is 6.42 Å². The SMILES string of the molecule is CN(C)c1nc(=O)n(-c2cccc(N3CCC(OC(N)=O)C3)c2)c2cc(Cl)ccc12. The largest absolute Gasteiger partial charge is 0.444 e. The second-order valence-electron chi connectivity index (χ2n) is 7.42. The molecule has 2 N–H and O–H groups in total. The average Bonchev–Trinajstić information content (AvgIpc) is 3.15. The van der Waals surface area contributed by atoms with Crippen molar-refractivity contribution in [2.45, 2.75) is 12.5 Å². The molecule has 156 valence electrons. The molecule has 1 aliphatic heterocycles. The minimum Gasteiger partial charge on any atom is -0.444 e. The van der Waals surface area contributed by atoms with Crippen molar-refractivity contribution in [1.29, 1.82) is 0 Å². The molecule has 4 rings (SSSR count). The van der Waals surface area contributed by atoms with Crippen LogP contribution in [0.2, 0.25) is 5.02 Å². The summed E-state index contributed by atoms with van der Waals surface area (Å²) < 4.78 is 6.68. The van der Waals surface area contributed by atoms with Gasteiger partial charge < -0.3 is 20.3 Å². The van der Waals surface area contributed by atoms with E-state index in [1.54, 1.807) is 16.7 Å². The number of rotatable bonds is 4. The first-order valence-corrected chi connectivity index (χ1v) is 9.92. The van der Waals surface area contributed by atoms with Crippen molar-refractivity contribution >= 4 is 40.1 Å². The molecule has 9 heteroatoms. The molecule has 1 unspecified atom stereocenters. The topological polar surface area (TPSA) is 93.7 Å². The fraction of sp³-hybridized carbons (Fsp3) is 0.286. The van der Waals surface area contributed by atoms with Crippen molar-refractivity contribution in [3.05, 3.63) is 58.0 Å². The number of hydrogen-bond donors (Lipinski definition) is 1. The maximum atomic E-state index is 13.0. The molecule has 1 amide bonds. The number of nitrogens with two attached hydrogens (primary N) is 1. The summed E-state index contributed by atoms with van der Waals surface area (Å²) in [4.78, 5) is 32.2. The van der Waals surface area contributed by atoms with Crippen LogP contribution in [0, 0.1) is 0 Å². The van der Waals surface area contributed by atoms with Crippen LogP contribution in [0.15, 0.2) is 47.3 Å². The molecule has 1 aliphatic rings. The van der Waals surface area contributed by atoms with Gasteiger partial charge in [0.1, 0.15) is 11.9 Å². The molecule has 1 atom stereocenters. The van der Waals surface area contributed by atoms with Gasteiger partial charge in [-0.05, 0) is 36.4 Å². The van der Waals surface area contributed by atoms with Gasteiger partial charge in [0.15, 0.2) is 0 Å². The van der Waals surface area contributed by atoms with Crippen LogP contribution in [0.3, 0.4) is 0 Å². The molecule has 0 spiro atoms. The molecular weight excluding hydrogens is 406 g/mol. The van der Waals surface area contributed by atoms with Gasteiger partial charge in [0, 0.05) is 43.2 Å². The van der Waals surface area contributed by atoms with E-state index in [0.29, 0.717) is 35.0 Å². The molecular formula is C21H22ClN5O3. The van der Waals surface area contributed by atoms with E-state index in [2.05, 4.69) is 9.88 Å². The molecule has 30 heavy (non-hydrogen) atoms. The lowest BCUT2D eigenvalue weighted by molar-refractivity contribution is 0.117. The molecule has 3 aromatic rings. The predicted molar refractivity (Wildman–Crippen MR) is 118 cm³/mol. The Morgan fingerprint density at radius 1 is 1.23 bits per heavy atom. The number of amides is 1. The Morgan fingerprint density at radius 2 is 2.00 bits per heavy atom. The Kier molecular flexibility index (Phi) is 5.26. The van der Waals surface area contributed by atoms with Crippen molar-refractivity contribution in [1.82, 2.24) is 9.55 Å². The summed E-state index contributed by atoms with van der Waals surface area (Å²) in [6.07, 6.45) is -0.308.